The van der Waals surface area contributed by atoms with Gasteiger partial charge in [-0.1, -0.05) is 22.0 Å². The van der Waals surface area contributed by atoms with Crippen LogP contribution in [0.4, 0.5) is 0 Å². The summed E-state index contributed by atoms with van der Waals surface area (Å²) in [6, 6.07) is 10.6. The third kappa shape index (κ3) is 4.83. The summed E-state index contributed by atoms with van der Waals surface area (Å²) in [5.41, 5.74) is 5.16. The van der Waals surface area contributed by atoms with Gasteiger partial charge in [-0.05, 0) is 62.2 Å². The molecule has 0 spiro atoms. The number of halogens is 1. The second kappa shape index (κ2) is 7.97. The van der Waals surface area contributed by atoms with Crippen molar-refractivity contribution in [3.8, 4) is 11.5 Å². The number of phenolic OH excluding ortho intramolecular Hbond substituents is 1. The Morgan fingerprint density at radius 1 is 1.25 bits per heavy atom. The van der Waals surface area contributed by atoms with Crippen molar-refractivity contribution < 1.29 is 14.6 Å². The standard InChI is InChI=1S/C18H19BrN2O3/c1-11-4-6-16(8-12(11)2)24-13(3)18(23)21-20-10-14-9-15(19)5-7-17(14)22/h4-10,13,22H,1-3H3,(H,21,23)/b20-10+. The summed E-state index contributed by atoms with van der Waals surface area (Å²) in [7, 11) is 0. The van der Waals surface area contributed by atoms with E-state index in [1.807, 2.05) is 32.0 Å². The number of aryl methyl sites for hydroxylation is 2. The summed E-state index contributed by atoms with van der Waals surface area (Å²) in [5.74, 6) is 0.337. The summed E-state index contributed by atoms with van der Waals surface area (Å²) in [4.78, 5) is 12.0. The summed E-state index contributed by atoms with van der Waals surface area (Å²) in [6.45, 7) is 5.65. The van der Waals surface area contributed by atoms with Gasteiger partial charge in [0.25, 0.3) is 5.91 Å². The molecule has 0 aromatic heterocycles. The summed E-state index contributed by atoms with van der Waals surface area (Å²) in [6.07, 6.45) is 0.682. The monoisotopic (exact) mass is 390 g/mol. The van der Waals surface area contributed by atoms with Gasteiger partial charge in [0.2, 0.25) is 0 Å². The number of nitrogens with one attached hydrogen (secondary N) is 1. The topological polar surface area (TPSA) is 70.9 Å². The lowest BCUT2D eigenvalue weighted by molar-refractivity contribution is -0.127. The van der Waals surface area contributed by atoms with Crippen molar-refractivity contribution in [2.45, 2.75) is 26.9 Å². The van der Waals surface area contributed by atoms with Crippen LogP contribution in [0.1, 0.15) is 23.6 Å². The van der Waals surface area contributed by atoms with E-state index < -0.39 is 6.10 Å². The van der Waals surface area contributed by atoms with Crippen LogP contribution in [0.5, 0.6) is 11.5 Å². The second-order valence-corrected chi connectivity index (χ2v) is 6.36. The largest absolute Gasteiger partial charge is 0.507 e. The number of carbonyl (C=O) groups is 1. The van der Waals surface area contributed by atoms with Gasteiger partial charge in [-0.3, -0.25) is 4.79 Å². The Labute approximate surface area is 149 Å². The molecule has 0 radical (unpaired) electrons. The van der Waals surface area contributed by atoms with E-state index in [2.05, 4.69) is 26.5 Å². The molecule has 0 saturated heterocycles. The van der Waals surface area contributed by atoms with Crippen LogP contribution in [0.3, 0.4) is 0 Å². The van der Waals surface area contributed by atoms with Crippen molar-refractivity contribution in [3.63, 3.8) is 0 Å². The SMILES string of the molecule is Cc1ccc(OC(C)C(=O)N/N=C/c2cc(Br)ccc2O)cc1C. The molecular weight excluding hydrogens is 372 g/mol. The lowest BCUT2D eigenvalue weighted by Gasteiger charge is -2.14. The molecule has 126 valence electrons. The van der Waals surface area contributed by atoms with E-state index in [1.54, 1.807) is 25.1 Å². The third-order valence-electron chi connectivity index (χ3n) is 3.53. The van der Waals surface area contributed by atoms with E-state index in [1.165, 1.54) is 6.21 Å². The average molecular weight is 391 g/mol. The minimum absolute atomic E-state index is 0.0793. The Balaban J connectivity index is 1.95. The van der Waals surface area contributed by atoms with Gasteiger partial charge in [0.1, 0.15) is 11.5 Å². The zero-order chi connectivity index (χ0) is 17.7. The van der Waals surface area contributed by atoms with Gasteiger partial charge in [-0.15, -0.1) is 0 Å². The molecule has 0 aliphatic rings. The highest BCUT2D eigenvalue weighted by molar-refractivity contribution is 9.10. The Kier molecular flexibility index (Phi) is 5.98. The molecule has 0 aliphatic heterocycles. The van der Waals surface area contributed by atoms with Gasteiger partial charge in [0, 0.05) is 10.0 Å². The van der Waals surface area contributed by atoms with Crippen molar-refractivity contribution in [1.82, 2.24) is 5.43 Å². The number of hydrazone groups is 1. The van der Waals surface area contributed by atoms with Crippen molar-refractivity contribution in [2.24, 2.45) is 5.10 Å². The predicted molar refractivity (Wildman–Crippen MR) is 97.5 cm³/mol. The quantitative estimate of drug-likeness (QED) is 0.603. The van der Waals surface area contributed by atoms with Crippen LogP contribution in [-0.2, 0) is 4.79 Å². The van der Waals surface area contributed by atoms with E-state index in [9.17, 15) is 9.90 Å². The number of carbonyl (C=O) groups excluding carboxylic acids is 1. The molecule has 2 aromatic rings. The molecule has 5 nitrogen and oxygen atoms in total. The zero-order valence-corrected chi connectivity index (χ0v) is 15.3. The highest BCUT2D eigenvalue weighted by Gasteiger charge is 2.14. The van der Waals surface area contributed by atoms with Crippen LogP contribution in [0.15, 0.2) is 46.0 Å². The van der Waals surface area contributed by atoms with Crippen molar-refractivity contribution in [1.29, 1.82) is 0 Å². The number of rotatable bonds is 5. The molecule has 0 bridgehead atoms. The van der Waals surface area contributed by atoms with Gasteiger partial charge >= 0.3 is 0 Å². The lowest BCUT2D eigenvalue weighted by atomic mass is 10.1. The Morgan fingerprint density at radius 3 is 2.71 bits per heavy atom. The van der Waals surface area contributed by atoms with Crippen molar-refractivity contribution in [2.75, 3.05) is 0 Å². The van der Waals surface area contributed by atoms with Crippen LogP contribution >= 0.6 is 15.9 Å². The molecule has 0 heterocycles. The molecule has 1 atom stereocenters. The first-order chi connectivity index (χ1) is 11.4. The zero-order valence-electron chi connectivity index (χ0n) is 13.7. The Hall–Kier alpha value is -2.34. The first-order valence-corrected chi connectivity index (χ1v) is 8.21. The van der Waals surface area contributed by atoms with Crippen LogP contribution in [-0.4, -0.2) is 23.3 Å². The molecule has 6 heteroatoms. The summed E-state index contributed by atoms with van der Waals surface area (Å²) < 4.78 is 6.42. The van der Waals surface area contributed by atoms with Crippen molar-refractivity contribution in [3.05, 3.63) is 57.6 Å². The minimum Gasteiger partial charge on any atom is -0.507 e. The molecule has 0 aliphatic carbocycles. The number of nitrogens with zero attached hydrogens (tertiary/aromatic N) is 1. The first kappa shape index (κ1) is 18.0. The predicted octanol–water partition coefficient (Wildman–Crippen LogP) is 3.69. The van der Waals surface area contributed by atoms with Gasteiger partial charge < -0.3 is 9.84 Å². The first-order valence-electron chi connectivity index (χ1n) is 7.42. The average Bonchev–Trinajstić information content (AvgIpc) is 2.54. The molecule has 2 rings (SSSR count). The van der Waals surface area contributed by atoms with E-state index in [4.69, 9.17) is 4.74 Å². The van der Waals surface area contributed by atoms with E-state index >= 15 is 0 Å². The Morgan fingerprint density at radius 2 is 2.00 bits per heavy atom. The normalized spacial score (nSPS) is 12.2. The smallest absolute Gasteiger partial charge is 0.280 e. The molecule has 1 unspecified atom stereocenters. The number of aromatic hydroxyl groups is 1. The highest BCUT2D eigenvalue weighted by atomic mass is 79.9. The molecular formula is C18H19BrN2O3. The minimum atomic E-state index is -0.694. The number of hydrogen-bond donors (Lipinski definition) is 2. The van der Waals surface area contributed by atoms with Gasteiger partial charge in [0.05, 0.1) is 6.21 Å². The maximum Gasteiger partial charge on any atom is 0.280 e. The van der Waals surface area contributed by atoms with Crippen LogP contribution in [0.25, 0.3) is 0 Å². The van der Waals surface area contributed by atoms with Crippen LogP contribution in [0, 0.1) is 13.8 Å². The fourth-order valence-corrected chi connectivity index (χ4v) is 2.31. The molecule has 0 saturated carbocycles. The number of hydrogen-bond acceptors (Lipinski definition) is 4. The van der Waals surface area contributed by atoms with Gasteiger partial charge in [-0.25, -0.2) is 5.43 Å². The maximum atomic E-state index is 12.0. The van der Waals surface area contributed by atoms with Gasteiger partial charge in [0.15, 0.2) is 6.10 Å². The lowest BCUT2D eigenvalue weighted by Crippen LogP contribution is -2.33. The van der Waals surface area contributed by atoms with E-state index in [0.29, 0.717) is 11.3 Å². The molecule has 0 fully saturated rings. The summed E-state index contributed by atoms with van der Waals surface area (Å²) >= 11 is 3.31. The molecule has 24 heavy (non-hydrogen) atoms. The van der Waals surface area contributed by atoms with E-state index in [0.717, 1.165) is 15.6 Å². The fourth-order valence-electron chi connectivity index (χ4n) is 1.93. The number of ether oxygens (including phenoxy) is 1. The molecule has 2 aromatic carbocycles. The van der Waals surface area contributed by atoms with Crippen LogP contribution in [0.2, 0.25) is 0 Å². The van der Waals surface area contributed by atoms with Crippen molar-refractivity contribution >= 4 is 28.1 Å². The maximum absolute atomic E-state index is 12.0. The number of benzene rings is 2. The summed E-state index contributed by atoms with van der Waals surface area (Å²) in [5, 5.41) is 13.6. The Bertz CT molecular complexity index is 775. The number of amides is 1. The second-order valence-electron chi connectivity index (χ2n) is 5.44. The fraction of sp³-hybridized carbons (Fsp3) is 0.222. The molecule has 1 amide bonds. The molecule has 2 N–H and O–H groups in total. The highest BCUT2D eigenvalue weighted by Crippen LogP contribution is 2.20. The third-order valence-corrected chi connectivity index (χ3v) is 4.02. The van der Waals surface area contributed by atoms with Gasteiger partial charge in [-0.2, -0.15) is 5.10 Å². The number of phenols is 1. The van der Waals surface area contributed by atoms with E-state index in [-0.39, 0.29) is 11.7 Å². The van der Waals surface area contributed by atoms with Crippen LogP contribution < -0.4 is 10.2 Å².